The van der Waals surface area contributed by atoms with Gasteiger partial charge in [-0.05, 0) is 45.2 Å². The van der Waals surface area contributed by atoms with Crippen molar-refractivity contribution < 1.29 is 13.2 Å². The Labute approximate surface area is 111 Å². The lowest BCUT2D eigenvalue weighted by Gasteiger charge is -2.40. The van der Waals surface area contributed by atoms with Crippen LogP contribution in [0.15, 0.2) is 0 Å². The molecule has 1 fully saturated rings. The van der Waals surface area contributed by atoms with Crippen molar-refractivity contribution in [2.24, 2.45) is 0 Å². The Morgan fingerprint density at radius 1 is 1.28 bits per heavy atom. The number of unbranched alkanes of at least 4 members (excludes halogenated alkanes) is 1. The van der Waals surface area contributed by atoms with E-state index in [1.54, 1.807) is 7.11 Å². The van der Waals surface area contributed by atoms with Crippen LogP contribution in [-0.4, -0.2) is 46.5 Å². The Morgan fingerprint density at radius 2 is 2.00 bits per heavy atom. The molecular weight excluding hydrogens is 252 g/mol. The van der Waals surface area contributed by atoms with E-state index in [9.17, 15) is 8.42 Å². The molecule has 0 aromatic carbocycles. The van der Waals surface area contributed by atoms with E-state index in [2.05, 4.69) is 10.0 Å². The number of rotatable bonds is 10. The van der Waals surface area contributed by atoms with Crippen molar-refractivity contribution in [2.75, 3.05) is 32.5 Å². The quantitative estimate of drug-likeness (QED) is 0.582. The van der Waals surface area contributed by atoms with Gasteiger partial charge in [0.25, 0.3) is 0 Å². The lowest BCUT2D eigenvalue weighted by molar-refractivity contribution is -0.0659. The van der Waals surface area contributed by atoms with Crippen LogP contribution in [0.25, 0.3) is 0 Å². The van der Waals surface area contributed by atoms with E-state index < -0.39 is 10.0 Å². The van der Waals surface area contributed by atoms with E-state index in [0.717, 1.165) is 38.8 Å². The zero-order valence-corrected chi connectivity index (χ0v) is 12.3. The SMILES string of the molecule is CCNCCCCS(=O)(=O)NCC1(OC)CCC1. The highest BCUT2D eigenvalue weighted by atomic mass is 32.2. The van der Waals surface area contributed by atoms with Gasteiger partial charge in [-0.2, -0.15) is 0 Å². The largest absolute Gasteiger partial charge is 0.377 e. The highest BCUT2D eigenvalue weighted by Crippen LogP contribution is 2.34. The van der Waals surface area contributed by atoms with Gasteiger partial charge in [0, 0.05) is 13.7 Å². The molecule has 0 heterocycles. The summed E-state index contributed by atoms with van der Waals surface area (Å²) in [6, 6.07) is 0. The monoisotopic (exact) mass is 278 g/mol. The molecule has 1 aliphatic rings. The molecule has 0 aliphatic heterocycles. The van der Waals surface area contributed by atoms with Crippen molar-refractivity contribution >= 4 is 10.0 Å². The third-order valence-corrected chi connectivity index (χ3v) is 4.99. The second-order valence-corrected chi connectivity index (χ2v) is 6.87. The van der Waals surface area contributed by atoms with Gasteiger partial charge in [0.05, 0.1) is 11.4 Å². The van der Waals surface area contributed by atoms with E-state index in [-0.39, 0.29) is 11.4 Å². The zero-order chi connectivity index (χ0) is 13.5. The first kappa shape index (κ1) is 15.9. The number of nitrogens with one attached hydrogen (secondary N) is 2. The molecular formula is C12H26N2O3S. The maximum Gasteiger partial charge on any atom is 0.211 e. The maximum absolute atomic E-state index is 11.8. The maximum atomic E-state index is 11.8. The fraction of sp³-hybridized carbons (Fsp3) is 1.00. The van der Waals surface area contributed by atoms with Crippen molar-refractivity contribution in [2.45, 2.75) is 44.6 Å². The average Bonchev–Trinajstić information content (AvgIpc) is 2.28. The van der Waals surface area contributed by atoms with Crippen LogP contribution in [0.2, 0.25) is 0 Å². The lowest BCUT2D eigenvalue weighted by Crippen LogP contribution is -2.49. The first-order chi connectivity index (χ1) is 8.54. The van der Waals surface area contributed by atoms with E-state index in [1.807, 2.05) is 6.92 Å². The second kappa shape index (κ2) is 7.43. The number of sulfonamides is 1. The highest BCUT2D eigenvalue weighted by Gasteiger charge is 2.37. The molecule has 2 N–H and O–H groups in total. The topological polar surface area (TPSA) is 67.4 Å². The van der Waals surface area contributed by atoms with Crippen molar-refractivity contribution in [1.29, 1.82) is 0 Å². The van der Waals surface area contributed by atoms with Crippen LogP contribution >= 0.6 is 0 Å². The summed E-state index contributed by atoms with van der Waals surface area (Å²) in [6.07, 6.45) is 4.61. The molecule has 108 valence electrons. The summed E-state index contributed by atoms with van der Waals surface area (Å²) >= 11 is 0. The van der Waals surface area contributed by atoms with Crippen LogP contribution < -0.4 is 10.0 Å². The van der Waals surface area contributed by atoms with Gasteiger partial charge in [-0.25, -0.2) is 13.1 Å². The fourth-order valence-electron chi connectivity index (χ4n) is 2.06. The molecule has 5 nitrogen and oxygen atoms in total. The molecule has 0 atom stereocenters. The van der Waals surface area contributed by atoms with Crippen LogP contribution in [0.4, 0.5) is 0 Å². The van der Waals surface area contributed by atoms with E-state index in [4.69, 9.17) is 4.74 Å². The smallest absolute Gasteiger partial charge is 0.211 e. The molecule has 0 amide bonds. The molecule has 1 rings (SSSR count). The van der Waals surface area contributed by atoms with Crippen LogP contribution in [-0.2, 0) is 14.8 Å². The number of methoxy groups -OCH3 is 1. The molecule has 0 saturated heterocycles. The molecule has 6 heteroatoms. The average molecular weight is 278 g/mol. The predicted octanol–water partition coefficient (Wildman–Crippen LogP) is 0.865. The normalized spacial score (nSPS) is 18.6. The van der Waals surface area contributed by atoms with Crippen LogP contribution in [0.3, 0.4) is 0 Å². The van der Waals surface area contributed by atoms with Crippen LogP contribution in [0.1, 0.15) is 39.0 Å². The summed E-state index contributed by atoms with van der Waals surface area (Å²) < 4.78 is 31.6. The molecule has 0 spiro atoms. The van der Waals surface area contributed by atoms with Crippen LogP contribution in [0, 0.1) is 0 Å². The van der Waals surface area contributed by atoms with E-state index >= 15 is 0 Å². The van der Waals surface area contributed by atoms with Gasteiger partial charge >= 0.3 is 0 Å². The highest BCUT2D eigenvalue weighted by molar-refractivity contribution is 7.89. The molecule has 0 bridgehead atoms. The summed E-state index contributed by atoms with van der Waals surface area (Å²) in [4.78, 5) is 0. The summed E-state index contributed by atoms with van der Waals surface area (Å²) in [5.41, 5.74) is -0.239. The first-order valence-electron chi connectivity index (χ1n) is 6.77. The number of hydrogen-bond acceptors (Lipinski definition) is 4. The Morgan fingerprint density at radius 3 is 2.50 bits per heavy atom. The van der Waals surface area contributed by atoms with Gasteiger partial charge in [-0.3, -0.25) is 0 Å². The van der Waals surface area contributed by atoms with Gasteiger partial charge in [0.1, 0.15) is 0 Å². The zero-order valence-electron chi connectivity index (χ0n) is 11.5. The molecule has 0 radical (unpaired) electrons. The van der Waals surface area contributed by atoms with E-state index in [1.165, 1.54) is 0 Å². The summed E-state index contributed by atoms with van der Waals surface area (Å²) in [6.45, 7) is 4.27. The lowest BCUT2D eigenvalue weighted by atomic mass is 9.80. The fourth-order valence-corrected chi connectivity index (χ4v) is 3.27. The standard InChI is InChI=1S/C12H26N2O3S/c1-3-13-9-4-5-10-18(15,16)14-11-12(17-2)7-6-8-12/h13-14H,3-11H2,1-2H3. The van der Waals surface area contributed by atoms with Crippen molar-refractivity contribution in [3.8, 4) is 0 Å². The van der Waals surface area contributed by atoms with E-state index in [0.29, 0.717) is 13.0 Å². The number of ether oxygens (including phenoxy) is 1. The Hall–Kier alpha value is -0.170. The van der Waals surface area contributed by atoms with Gasteiger partial charge < -0.3 is 10.1 Å². The Balaban J connectivity index is 2.19. The van der Waals surface area contributed by atoms with Gasteiger partial charge in [-0.1, -0.05) is 6.92 Å². The summed E-state index contributed by atoms with van der Waals surface area (Å²) in [7, 11) is -1.49. The van der Waals surface area contributed by atoms with Crippen molar-refractivity contribution in [3.05, 3.63) is 0 Å². The first-order valence-corrected chi connectivity index (χ1v) is 8.42. The molecule has 0 aromatic heterocycles. The molecule has 1 aliphatic carbocycles. The third kappa shape index (κ3) is 5.22. The molecule has 0 aromatic rings. The minimum atomic E-state index is -3.15. The summed E-state index contributed by atoms with van der Waals surface area (Å²) in [5, 5.41) is 3.18. The minimum Gasteiger partial charge on any atom is -0.377 e. The molecule has 18 heavy (non-hydrogen) atoms. The minimum absolute atomic E-state index is 0.207. The molecule has 1 saturated carbocycles. The molecule has 0 unspecified atom stereocenters. The van der Waals surface area contributed by atoms with Gasteiger partial charge in [0.2, 0.25) is 10.0 Å². The van der Waals surface area contributed by atoms with Crippen LogP contribution in [0.5, 0.6) is 0 Å². The van der Waals surface area contributed by atoms with Gasteiger partial charge in [0.15, 0.2) is 0 Å². The van der Waals surface area contributed by atoms with Crippen molar-refractivity contribution in [1.82, 2.24) is 10.0 Å². The van der Waals surface area contributed by atoms with Gasteiger partial charge in [-0.15, -0.1) is 0 Å². The Kier molecular flexibility index (Phi) is 6.55. The van der Waals surface area contributed by atoms with Crippen molar-refractivity contribution in [3.63, 3.8) is 0 Å². The third-order valence-electron chi connectivity index (χ3n) is 3.58. The Bertz CT molecular complexity index is 321. The number of hydrogen-bond donors (Lipinski definition) is 2. The summed E-state index contributed by atoms with van der Waals surface area (Å²) in [5.74, 6) is 0.207. The second-order valence-electron chi connectivity index (χ2n) is 4.94. The predicted molar refractivity (Wildman–Crippen MR) is 73.2 cm³/mol.